The van der Waals surface area contributed by atoms with Gasteiger partial charge in [0.15, 0.2) is 16.3 Å². The Morgan fingerprint density at radius 3 is 2.45 bits per heavy atom. The number of methoxy groups -OCH3 is 1. The average molecular weight is 611 g/mol. The van der Waals surface area contributed by atoms with Crippen molar-refractivity contribution >= 4 is 23.4 Å². The molecule has 1 aliphatic rings. The summed E-state index contributed by atoms with van der Waals surface area (Å²) in [5.41, 5.74) is 4.29. The van der Waals surface area contributed by atoms with Crippen LogP contribution in [-0.4, -0.2) is 30.9 Å². The molecule has 5 rings (SSSR count). The smallest absolute Gasteiger partial charge is 0.338 e. The molecule has 0 radical (unpaired) electrons. The first kappa shape index (κ1) is 30.6. The molecule has 0 aliphatic carbocycles. The van der Waals surface area contributed by atoms with Crippen molar-refractivity contribution in [3.05, 3.63) is 133 Å². The summed E-state index contributed by atoms with van der Waals surface area (Å²) in [7, 11) is 1.58. The van der Waals surface area contributed by atoms with Crippen LogP contribution in [0.25, 0.3) is 6.08 Å². The molecule has 1 atom stereocenters. The van der Waals surface area contributed by atoms with E-state index in [1.165, 1.54) is 16.9 Å². The minimum Gasteiger partial charge on any atom is -0.493 e. The SMILES string of the molecule is C=CCOc1ccc([C@H]2C(C(=O)OCC)=C(C)N=c3s/c(=C\c4ccc(OCc5ccc(C)cc5)c(OC)c4)c(=O)n32)cc1. The quantitative estimate of drug-likeness (QED) is 0.170. The minimum atomic E-state index is -0.715. The molecule has 0 saturated heterocycles. The zero-order chi connectivity index (χ0) is 31.2. The number of esters is 1. The summed E-state index contributed by atoms with van der Waals surface area (Å²) >= 11 is 1.26. The molecule has 0 spiro atoms. The molecule has 0 unspecified atom stereocenters. The van der Waals surface area contributed by atoms with E-state index in [1.807, 2.05) is 73.7 Å². The maximum Gasteiger partial charge on any atom is 0.338 e. The van der Waals surface area contributed by atoms with E-state index in [-0.39, 0.29) is 12.2 Å². The van der Waals surface area contributed by atoms with Crippen LogP contribution in [0.15, 0.2) is 100 Å². The van der Waals surface area contributed by atoms with Gasteiger partial charge in [-0.05, 0) is 67.8 Å². The van der Waals surface area contributed by atoms with Gasteiger partial charge in [-0.3, -0.25) is 9.36 Å². The second-order valence-corrected chi connectivity index (χ2v) is 11.2. The van der Waals surface area contributed by atoms with E-state index >= 15 is 0 Å². The molecule has 226 valence electrons. The Morgan fingerprint density at radius 2 is 1.77 bits per heavy atom. The highest BCUT2D eigenvalue weighted by atomic mass is 32.1. The number of aromatic nitrogens is 1. The van der Waals surface area contributed by atoms with Gasteiger partial charge in [0.25, 0.3) is 5.56 Å². The largest absolute Gasteiger partial charge is 0.493 e. The molecular weight excluding hydrogens is 576 g/mol. The van der Waals surface area contributed by atoms with Gasteiger partial charge < -0.3 is 18.9 Å². The molecule has 4 aromatic rings. The summed E-state index contributed by atoms with van der Waals surface area (Å²) < 4.78 is 24.7. The van der Waals surface area contributed by atoms with Crippen LogP contribution in [0.4, 0.5) is 0 Å². The highest BCUT2D eigenvalue weighted by molar-refractivity contribution is 7.07. The van der Waals surface area contributed by atoms with Gasteiger partial charge in [0, 0.05) is 0 Å². The van der Waals surface area contributed by atoms with Crippen molar-refractivity contribution < 1.29 is 23.7 Å². The molecular formula is C35H34N2O6S. The predicted octanol–water partition coefficient (Wildman–Crippen LogP) is 5.26. The van der Waals surface area contributed by atoms with E-state index < -0.39 is 12.0 Å². The number of thiazole rings is 1. The number of allylic oxidation sites excluding steroid dienone is 1. The molecule has 0 amide bonds. The van der Waals surface area contributed by atoms with Gasteiger partial charge in [-0.25, -0.2) is 9.79 Å². The Bertz CT molecular complexity index is 1890. The maximum atomic E-state index is 14.0. The fraction of sp³-hybridized carbons (Fsp3) is 0.229. The Hall–Kier alpha value is -4.89. The van der Waals surface area contributed by atoms with Crippen LogP contribution in [-0.2, 0) is 16.1 Å². The summed E-state index contributed by atoms with van der Waals surface area (Å²) in [5, 5.41) is 0. The molecule has 0 bridgehead atoms. The fourth-order valence-electron chi connectivity index (χ4n) is 4.90. The normalized spacial score (nSPS) is 14.5. The average Bonchev–Trinajstić information content (AvgIpc) is 3.33. The van der Waals surface area contributed by atoms with E-state index in [9.17, 15) is 9.59 Å². The first-order valence-corrected chi connectivity index (χ1v) is 15.0. The van der Waals surface area contributed by atoms with Crippen LogP contribution >= 0.6 is 11.3 Å². The van der Waals surface area contributed by atoms with E-state index in [2.05, 4.69) is 11.6 Å². The van der Waals surface area contributed by atoms with Gasteiger partial charge in [-0.15, -0.1) is 0 Å². The predicted molar refractivity (Wildman–Crippen MR) is 171 cm³/mol. The van der Waals surface area contributed by atoms with Gasteiger partial charge in [-0.1, -0.05) is 72.0 Å². The van der Waals surface area contributed by atoms with Crippen molar-refractivity contribution in [2.24, 2.45) is 4.99 Å². The summed E-state index contributed by atoms with van der Waals surface area (Å²) in [6.07, 6.45) is 3.46. The lowest BCUT2D eigenvalue weighted by Gasteiger charge is -2.24. The van der Waals surface area contributed by atoms with Crippen LogP contribution in [0.3, 0.4) is 0 Å². The Labute approximate surface area is 259 Å². The van der Waals surface area contributed by atoms with Crippen LogP contribution in [0.5, 0.6) is 17.2 Å². The number of carbonyl (C=O) groups excluding carboxylic acids is 1. The first-order valence-electron chi connectivity index (χ1n) is 14.2. The van der Waals surface area contributed by atoms with E-state index in [4.69, 9.17) is 18.9 Å². The number of aryl methyl sites for hydroxylation is 1. The number of nitrogens with zero attached hydrogens (tertiary/aromatic N) is 2. The van der Waals surface area contributed by atoms with Crippen molar-refractivity contribution in [3.8, 4) is 17.2 Å². The monoisotopic (exact) mass is 610 g/mol. The molecule has 8 nitrogen and oxygen atoms in total. The zero-order valence-electron chi connectivity index (χ0n) is 25.2. The van der Waals surface area contributed by atoms with Gasteiger partial charge >= 0.3 is 5.97 Å². The number of benzene rings is 3. The van der Waals surface area contributed by atoms with Crippen LogP contribution in [0.2, 0.25) is 0 Å². The first-order chi connectivity index (χ1) is 21.3. The summed E-state index contributed by atoms with van der Waals surface area (Å²) in [6, 6.07) is 20.3. The number of ether oxygens (including phenoxy) is 4. The van der Waals surface area contributed by atoms with Crippen molar-refractivity contribution in [1.82, 2.24) is 4.57 Å². The highest BCUT2D eigenvalue weighted by Crippen LogP contribution is 2.32. The number of rotatable bonds is 11. The number of hydrogen-bond acceptors (Lipinski definition) is 8. The van der Waals surface area contributed by atoms with E-state index in [1.54, 1.807) is 37.7 Å². The third-order valence-electron chi connectivity index (χ3n) is 7.08. The number of carbonyl (C=O) groups is 1. The van der Waals surface area contributed by atoms with Gasteiger partial charge in [0.2, 0.25) is 0 Å². The second-order valence-electron chi connectivity index (χ2n) is 10.2. The molecule has 2 heterocycles. The lowest BCUT2D eigenvalue weighted by Crippen LogP contribution is -2.39. The fourth-order valence-corrected chi connectivity index (χ4v) is 5.94. The summed E-state index contributed by atoms with van der Waals surface area (Å²) in [5.74, 6) is 1.29. The number of fused-ring (bicyclic) bond motifs is 1. The lowest BCUT2D eigenvalue weighted by atomic mass is 9.96. The van der Waals surface area contributed by atoms with Gasteiger partial charge in [0.1, 0.15) is 19.0 Å². The molecule has 3 aromatic carbocycles. The molecule has 1 aliphatic heterocycles. The molecule has 0 saturated carbocycles. The van der Waals surface area contributed by atoms with E-state index in [0.29, 0.717) is 51.1 Å². The third-order valence-corrected chi connectivity index (χ3v) is 8.06. The van der Waals surface area contributed by atoms with Crippen molar-refractivity contribution in [2.45, 2.75) is 33.4 Å². The lowest BCUT2D eigenvalue weighted by molar-refractivity contribution is -0.139. The Kier molecular flexibility index (Phi) is 9.45. The van der Waals surface area contributed by atoms with Gasteiger partial charge in [-0.2, -0.15) is 0 Å². The Morgan fingerprint density at radius 1 is 1.02 bits per heavy atom. The Balaban J connectivity index is 1.52. The topological polar surface area (TPSA) is 88.4 Å². The van der Waals surface area contributed by atoms with Crippen LogP contribution < -0.4 is 29.1 Å². The maximum absolute atomic E-state index is 14.0. The highest BCUT2D eigenvalue weighted by Gasteiger charge is 2.33. The molecule has 9 heteroatoms. The summed E-state index contributed by atoms with van der Waals surface area (Å²) in [6.45, 7) is 10.2. The van der Waals surface area contributed by atoms with Crippen LogP contribution in [0.1, 0.15) is 42.1 Å². The molecule has 1 aromatic heterocycles. The van der Waals surface area contributed by atoms with E-state index in [0.717, 1.165) is 16.7 Å². The van der Waals surface area contributed by atoms with Crippen molar-refractivity contribution in [3.63, 3.8) is 0 Å². The standard InChI is InChI=1S/C35H34N2O6S/c1-6-18-42-27-15-13-26(14-16-27)32-31(34(39)41-7-2)23(4)36-35-37(32)33(38)30(44-35)20-25-12-17-28(29(19-25)40-5)43-21-24-10-8-22(3)9-11-24/h6,8-17,19-20,32H,1,7,18,21H2,2-5H3/b30-20-/t32-/m0/s1. The molecule has 0 N–H and O–H groups in total. The van der Waals surface area contributed by atoms with Crippen LogP contribution in [0, 0.1) is 6.92 Å². The third kappa shape index (κ3) is 6.53. The minimum absolute atomic E-state index is 0.202. The van der Waals surface area contributed by atoms with Gasteiger partial charge in [0.05, 0.1) is 35.6 Å². The molecule has 0 fully saturated rings. The molecule has 44 heavy (non-hydrogen) atoms. The second kappa shape index (κ2) is 13.6. The van der Waals surface area contributed by atoms with Crippen molar-refractivity contribution in [1.29, 1.82) is 0 Å². The van der Waals surface area contributed by atoms with Crippen molar-refractivity contribution in [2.75, 3.05) is 20.3 Å². The summed E-state index contributed by atoms with van der Waals surface area (Å²) in [4.78, 5) is 32.3. The number of hydrogen-bond donors (Lipinski definition) is 0. The zero-order valence-corrected chi connectivity index (χ0v) is 26.0.